The van der Waals surface area contributed by atoms with Gasteiger partial charge < -0.3 is 9.80 Å². The number of hydrogen-bond donors (Lipinski definition) is 1. The maximum Gasteiger partial charge on any atom is 0.159 e. The quantitative estimate of drug-likeness (QED) is 0.693. The van der Waals surface area contributed by atoms with E-state index in [0.717, 1.165) is 41.4 Å². The van der Waals surface area contributed by atoms with Crippen LogP contribution < -0.4 is 5.32 Å². The van der Waals surface area contributed by atoms with E-state index in [0.29, 0.717) is 6.67 Å². The molecule has 1 unspecified atom stereocenters. The molecule has 152 valence electrons. The third-order valence-electron chi connectivity index (χ3n) is 5.12. The average molecular weight is 391 g/mol. The Kier molecular flexibility index (Phi) is 6.77. The van der Waals surface area contributed by atoms with Crippen LogP contribution in [0.5, 0.6) is 0 Å². The van der Waals surface area contributed by atoms with Crippen molar-refractivity contribution in [1.29, 1.82) is 0 Å². The van der Waals surface area contributed by atoms with Crippen LogP contribution in [0, 0.1) is 6.92 Å². The first-order valence-corrected chi connectivity index (χ1v) is 10.0. The minimum Gasteiger partial charge on any atom is -0.359 e. The zero-order valence-electron chi connectivity index (χ0n) is 17.8. The summed E-state index contributed by atoms with van der Waals surface area (Å²) in [5.74, 6) is 1.71. The van der Waals surface area contributed by atoms with Crippen molar-refractivity contribution in [3.8, 4) is 11.4 Å². The lowest BCUT2D eigenvalue weighted by Gasteiger charge is -2.34. The van der Waals surface area contributed by atoms with Crippen molar-refractivity contribution in [2.75, 3.05) is 20.3 Å². The zero-order valence-corrected chi connectivity index (χ0v) is 17.8. The molecule has 2 heterocycles. The maximum atomic E-state index is 4.45. The molecule has 1 N–H and O–H groups in total. The van der Waals surface area contributed by atoms with Gasteiger partial charge in [-0.25, -0.2) is 15.0 Å². The van der Waals surface area contributed by atoms with Gasteiger partial charge in [0.2, 0.25) is 0 Å². The molecule has 1 atom stereocenters. The van der Waals surface area contributed by atoms with Crippen LogP contribution in [0.4, 0.5) is 0 Å². The van der Waals surface area contributed by atoms with E-state index in [1.54, 1.807) is 12.4 Å². The van der Waals surface area contributed by atoms with Crippen LogP contribution in [0.2, 0.25) is 0 Å². The summed E-state index contributed by atoms with van der Waals surface area (Å²) in [5, 5.41) is 3.60. The number of hydrogen-bond acceptors (Lipinski definition) is 6. The molecule has 0 bridgehead atoms. The van der Waals surface area contributed by atoms with Crippen LogP contribution in [-0.4, -0.2) is 52.0 Å². The van der Waals surface area contributed by atoms with Gasteiger partial charge in [0, 0.05) is 49.0 Å². The Morgan fingerprint density at radius 2 is 2.00 bits per heavy atom. The van der Waals surface area contributed by atoms with Crippen LogP contribution in [0.1, 0.15) is 31.4 Å². The van der Waals surface area contributed by atoms with Crippen LogP contribution in [0.25, 0.3) is 17.1 Å². The first-order chi connectivity index (χ1) is 14.0. The van der Waals surface area contributed by atoms with Gasteiger partial charge in [0.05, 0.1) is 6.67 Å². The fraction of sp³-hybridized carbons (Fsp3) is 0.348. The molecule has 0 fully saturated rings. The van der Waals surface area contributed by atoms with Crippen molar-refractivity contribution in [3.63, 3.8) is 0 Å². The topological polar surface area (TPSA) is 56.7 Å². The van der Waals surface area contributed by atoms with Crippen LogP contribution in [-0.2, 0) is 0 Å². The summed E-state index contributed by atoms with van der Waals surface area (Å²) in [7, 11) is 2.05. The summed E-state index contributed by atoms with van der Waals surface area (Å²) in [6, 6.07) is 8.17. The van der Waals surface area contributed by atoms with E-state index in [2.05, 4.69) is 74.8 Å². The molecule has 6 heteroatoms. The third-order valence-corrected chi connectivity index (χ3v) is 5.12. The normalized spacial score (nSPS) is 15.9. The summed E-state index contributed by atoms with van der Waals surface area (Å²) in [6.45, 7) is 12.3. The average Bonchev–Trinajstić information content (AvgIpc) is 2.74. The van der Waals surface area contributed by atoms with Crippen LogP contribution in [0.3, 0.4) is 0 Å². The fourth-order valence-corrected chi connectivity index (χ4v) is 3.34. The second-order valence-electron chi connectivity index (χ2n) is 7.27. The highest BCUT2D eigenvalue weighted by atomic mass is 15.3. The summed E-state index contributed by atoms with van der Waals surface area (Å²) >= 11 is 0. The van der Waals surface area contributed by atoms with Gasteiger partial charge in [-0.05, 0) is 38.5 Å². The number of amidine groups is 1. The van der Waals surface area contributed by atoms with Gasteiger partial charge >= 0.3 is 0 Å². The molecule has 1 aliphatic rings. The predicted octanol–water partition coefficient (Wildman–Crippen LogP) is 3.89. The maximum absolute atomic E-state index is 4.45. The van der Waals surface area contributed by atoms with Crippen molar-refractivity contribution >= 4 is 11.5 Å². The predicted molar refractivity (Wildman–Crippen MR) is 120 cm³/mol. The summed E-state index contributed by atoms with van der Waals surface area (Å²) in [4.78, 5) is 17.6. The molecule has 2 aromatic rings. The standard InChI is InChI=1S/C23H30N6/c1-6-14-29(16-27-22-10-13-24-19(4)28(22)5)18(3)21-15-17(2)8-9-20(21)23-25-11-7-12-26-23/h7-13,15,22,27H,3,6,14,16H2,1-2,4-5H3. The second kappa shape index (κ2) is 9.47. The van der Waals surface area contributed by atoms with Gasteiger partial charge in [-0.2, -0.15) is 0 Å². The Balaban J connectivity index is 1.83. The van der Waals surface area contributed by atoms with Gasteiger partial charge in [-0.1, -0.05) is 31.2 Å². The Bertz CT molecular complexity index is 903. The highest BCUT2D eigenvalue weighted by Gasteiger charge is 2.19. The first kappa shape index (κ1) is 20.7. The molecule has 1 aromatic carbocycles. The number of nitrogens with zero attached hydrogens (tertiary/aromatic N) is 5. The molecule has 1 aromatic heterocycles. The molecule has 0 spiro atoms. The molecule has 0 saturated heterocycles. The van der Waals surface area contributed by atoms with Gasteiger partial charge in [-0.3, -0.25) is 5.32 Å². The van der Waals surface area contributed by atoms with E-state index in [-0.39, 0.29) is 6.17 Å². The smallest absolute Gasteiger partial charge is 0.159 e. The zero-order chi connectivity index (χ0) is 20.8. The van der Waals surface area contributed by atoms with Crippen molar-refractivity contribution in [3.05, 3.63) is 66.6 Å². The van der Waals surface area contributed by atoms with Crippen molar-refractivity contribution < 1.29 is 0 Å². The molecule has 0 aliphatic carbocycles. The number of benzene rings is 1. The largest absolute Gasteiger partial charge is 0.359 e. The lowest BCUT2D eigenvalue weighted by molar-refractivity contribution is 0.284. The number of rotatable bonds is 8. The number of likely N-dealkylation sites (N-methyl/N-ethyl adjacent to an activating group) is 1. The minimum absolute atomic E-state index is 0.106. The molecule has 1 aliphatic heterocycles. The number of aliphatic imine (C=N–C) groups is 1. The Labute approximate surface area is 173 Å². The number of aryl methyl sites for hydroxylation is 1. The van der Waals surface area contributed by atoms with Gasteiger partial charge in [0.25, 0.3) is 0 Å². The summed E-state index contributed by atoms with van der Waals surface area (Å²) in [5.41, 5.74) is 4.22. The van der Waals surface area contributed by atoms with E-state index in [4.69, 9.17) is 0 Å². The van der Waals surface area contributed by atoms with Crippen molar-refractivity contribution in [2.45, 2.75) is 33.4 Å². The lowest BCUT2D eigenvalue weighted by atomic mass is 10.0. The van der Waals surface area contributed by atoms with E-state index >= 15 is 0 Å². The van der Waals surface area contributed by atoms with E-state index in [1.807, 2.05) is 26.2 Å². The Morgan fingerprint density at radius 1 is 1.24 bits per heavy atom. The summed E-state index contributed by atoms with van der Waals surface area (Å²) in [6.07, 6.45) is 8.60. The molecule has 3 rings (SSSR count). The molecule has 29 heavy (non-hydrogen) atoms. The Hall–Kier alpha value is -2.99. The van der Waals surface area contributed by atoms with Crippen molar-refractivity contribution in [2.24, 2.45) is 4.99 Å². The highest BCUT2D eigenvalue weighted by Crippen LogP contribution is 2.29. The fourth-order valence-electron chi connectivity index (χ4n) is 3.34. The lowest BCUT2D eigenvalue weighted by Crippen LogP contribution is -2.49. The van der Waals surface area contributed by atoms with E-state index < -0.39 is 0 Å². The summed E-state index contributed by atoms with van der Waals surface area (Å²) < 4.78 is 0. The third kappa shape index (κ3) is 4.90. The number of nitrogens with one attached hydrogen (secondary N) is 1. The molecular formula is C23H30N6. The SMILES string of the molecule is C=C(c1cc(C)ccc1-c1ncccn1)N(CCC)CNC1C=CN=C(C)N1C. The molecule has 0 radical (unpaired) electrons. The van der Waals surface area contributed by atoms with Crippen molar-refractivity contribution in [1.82, 2.24) is 25.1 Å². The molecule has 6 nitrogen and oxygen atoms in total. The minimum atomic E-state index is 0.106. The number of aromatic nitrogens is 2. The van der Waals surface area contributed by atoms with Crippen LogP contribution >= 0.6 is 0 Å². The Morgan fingerprint density at radius 3 is 2.72 bits per heavy atom. The van der Waals surface area contributed by atoms with E-state index in [1.165, 1.54) is 5.56 Å². The first-order valence-electron chi connectivity index (χ1n) is 10.0. The molecule has 0 saturated carbocycles. The van der Waals surface area contributed by atoms with Gasteiger partial charge in [-0.15, -0.1) is 0 Å². The monoisotopic (exact) mass is 390 g/mol. The second-order valence-corrected chi connectivity index (χ2v) is 7.27. The van der Waals surface area contributed by atoms with E-state index in [9.17, 15) is 0 Å². The molecule has 0 amide bonds. The van der Waals surface area contributed by atoms with Gasteiger partial charge in [0.1, 0.15) is 12.0 Å². The van der Waals surface area contributed by atoms with Gasteiger partial charge in [0.15, 0.2) is 5.82 Å². The highest BCUT2D eigenvalue weighted by molar-refractivity contribution is 5.81. The van der Waals surface area contributed by atoms with Crippen LogP contribution in [0.15, 0.2) is 60.5 Å². The molecular weight excluding hydrogens is 360 g/mol.